The number of carbonyl (C=O) groups is 1. The summed E-state index contributed by atoms with van der Waals surface area (Å²) in [6, 6.07) is 10.6. The first-order chi connectivity index (χ1) is 17.4. The Hall–Kier alpha value is -3.54. The Balaban J connectivity index is 0.000000420. The second-order valence-corrected chi connectivity index (χ2v) is 10.1. The standard InChI is InChI=1S/C17H17N3O3.C2F6NO4S2/c1-2-14-7-9-20(10-8-14)11-12-23-17(22)19-16-5-3-15(4-6-16)18-13-21;3-1(4,5)14(10,11)9-15(12,13)2(6,7)8/h3-10H,2,11-12H2,1H3;/q;-1/p+1. The number of nitrogens with zero attached hydrogens (tertiary/aromatic N) is 3. The van der Waals surface area contributed by atoms with Crippen LogP contribution in [0.4, 0.5) is 42.5 Å². The maximum absolute atomic E-state index is 11.7. The van der Waals surface area contributed by atoms with Crippen LogP contribution in [-0.2, 0) is 42.5 Å². The van der Waals surface area contributed by atoms with Crippen molar-refractivity contribution in [2.45, 2.75) is 30.9 Å². The number of halogens is 6. The summed E-state index contributed by atoms with van der Waals surface area (Å²) >= 11 is 0. The van der Waals surface area contributed by atoms with Gasteiger partial charge in [0.1, 0.15) is 0 Å². The summed E-state index contributed by atoms with van der Waals surface area (Å²) in [6.07, 6.45) is 5.86. The number of carbonyl (C=O) groups excluding carboxylic acids is 2. The van der Waals surface area contributed by atoms with Gasteiger partial charge in [0.25, 0.3) is 0 Å². The summed E-state index contributed by atoms with van der Waals surface area (Å²) in [6.45, 7) is 2.96. The smallest absolute Gasteiger partial charge is 0.443 e. The van der Waals surface area contributed by atoms with Crippen molar-refractivity contribution in [1.82, 2.24) is 0 Å². The molecule has 2 rings (SSSR count). The van der Waals surface area contributed by atoms with E-state index in [9.17, 15) is 52.8 Å². The zero-order valence-electron chi connectivity index (χ0n) is 19.0. The van der Waals surface area contributed by atoms with Crippen molar-refractivity contribution in [3.63, 3.8) is 0 Å². The minimum absolute atomic E-state index is 0.273. The van der Waals surface area contributed by atoms with Gasteiger partial charge in [-0.2, -0.15) is 31.3 Å². The molecule has 0 unspecified atom stereocenters. The molecule has 0 atom stereocenters. The van der Waals surface area contributed by atoms with E-state index in [4.69, 9.17) is 4.74 Å². The maximum Gasteiger partial charge on any atom is 0.480 e. The van der Waals surface area contributed by atoms with Crippen LogP contribution in [-0.4, -0.2) is 46.6 Å². The molecular formula is C19H18F6N4O7S2. The molecule has 38 heavy (non-hydrogen) atoms. The highest BCUT2D eigenvalue weighted by atomic mass is 32.3. The fraction of sp³-hybridized carbons (Fsp3) is 0.316. The van der Waals surface area contributed by atoms with Crippen LogP contribution in [0.25, 0.3) is 4.13 Å². The highest BCUT2D eigenvalue weighted by Crippen LogP contribution is 2.36. The van der Waals surface area contributed by atoms with Gasteiger partial charge in [-0.1, -0.05) is 6.92 Å². The van der Waals surface area contributed by atoms with Gasteiger partial charge in [0.2, 0.25) is 6.08 Å². The van der Waals surface area contributed by atoms with Crippen molar-refractivity contribution in [2.24, 2.45) is 4.99 Å². The number of aliphatic imine (C=N–C) groups is 1. The molecule has 1 aromatic carbocycles. The van der Waals surface area contributed by atoms with Crippen LogP contribution in [0.15, 0.2) is 53.8 Å². The highest BCUT2D eigenvalue weighted by molar-refractivity contribution is 8.13. The predicted molar refractivity (Wildman–Crippen MR) is 119 cm³/mol. The lowest BCUT2D eigenvalue weighted by molar-refractivity contribution is -0.697. The molecule has 11 nitrogen and oxygen atoms in total. The van der Waals surface area contributed by atoms with Crippen molar-refractivity contribution < 1.29 is 62.1 Å². The molecule has 0 radical (unpaired) electrons. The maximum atomic E-state index is 11.7. The van der Waals surface area contributed by atoms with E-state index in [1.807, 2.05) is 29.1 Å². The number of alkyl halides is 6. The van der Waals surface area contributed by atoms with E-state index in [1.165, 1.54) is 11.6 Å². The normalized spacial score (nSPS) is 12.0. The second kappa shape index (κ2) is 13.3. The number of nitrogens with one attached hydrogen (secondary N) is 1. The first-order valence-corrected chi connectivity index (χ1v) is 12.8. The van der Waals surface area contributed by atoms with Gasteiger partial charge in [-0.3, -0.25) is 5.32 Å². The fourth-order valence-corrected chi connectivity index (χ4v) is 3.87. The summed E-state index contributed by atoms with van der Waals surface area (Å²) < 4.78 is 116. The third-order valence-corrected chi connectivity index (χ3v) is 6.76. The number of pyridine rings is 1. The molecule has 0 saturated carbocycles. The molecule has 0 aliphatic carbocycles. The van der Waals surface area contributed by atoms with E-state index in [1.54, 1.807) is 24.3 Å². The van der Waals surface area contributed by atoms with E-state index in [2.05, 4.69) is 17.2 Å². The van der Waals surface area contributed by atoms with Gasteiger partial charge in [-0.25, -0.2) is 31.0 Å². The monoisotopic (exact) mass is 592 g/mol. The van der Waals surface area contributed by atoms with E-state index in [0.29, 0.717) is 17.9 Å². The molecular weight excluding hydrogens is 574 g/mol. The number of hydrogen-bond donors (Lipinski definition) is 1. The van der Waals surface area contributed by atoms with Gasteiger partial charge < -0.3 is 8.86 Å². The van der Waals surface area contributed by atoms with Crippen molar-refractivity contribution in [3.05, 3.63) is 58.5 Å². The summed E-state index contributed by atoms with van der Waals surface area (Å²) in [5.41, 5.74) is -10.1. The van der Waals surface area contributed by atoms with Gasteiger partial charge in [-0.05, 0) is 36.2 Å². The number of rotatable bonds is 8. The number of hydrogen-bond acceptors (Lipinski definition) is 8. The van der Waals surface area contributed by atoms with Crippen LogP contribution in [0, 0.1) is 0 Å². The van der Waals surface area contributed by atoms with Crippen LogP contribution in [0.1, 0.15) is 12.5 Å². The molecule has 210 valence electrons. The van der Waals surface area contributed by atoms with Crippen LogP contribution in [0.3, 0.4) is 0 Å². The SMILES string of the molecule is CCc1cc[n+](CCOC(=O)Nc2ccc(N=C=O)cc2)cc1.O=S(=O)([N-]S(=O)(=O)C(F)(F)F)C(F)(F)F. The number of aryl methyl sites for hydroxylation is 1. The molecule has 1 N–H and O–H groups in total. The number of ether oxygens (including phenoxy) is 1. The molecule has 19 heteroatoms. The predicted octanol–water partition coefficient (Wildman–Crippen LogP) is 3.81. The Kier molecular flexibility index (Phi) is 11.4. The number of sulfonamides is 2. The molecule has 0 aliphatic rings. The first kappa shape index (κ1) is 32.5. The molecule has 1 amide bonds. The number of aromatic nitrogens is 1. The molecule has 0 aliphatic heterocycles. The Morgan fingerprint density at radius 1 is 0.974 bits per heavy atom. The van der Waals surface area contributed by atoms with Gasteiger partial charge in [-0.15, -0.1) is 0 Å². The Morgan fingerprint density at radius 2 is 1.47 bits per heavy atom. The first-order valence-electron chi connectivity index (χ1n) is 9.88. The van der Waals surface area contributed by atoms with Crippen LogP contribution < -0.4 is 9.88 Å². The quantitative estimate of drug-likeness (QED) is 0.212. The van der Waals surface area contributed by atoms with Crippen molar-refractivity contribution >= 4 is 43.6 Å². The molecule has 0 saturated heterocycles. The lowest BCUT2D eigenvalue weighted by atomic mass is 10.2. The topological polar surface area (TPSA) is 154 Å². The average molecular weight is 592 g/mol. The van der Waals surface area contributed by atoms with Crippen molar-refractivity contribution in [1.29, 1.82) is 0 Å². The summed E-state index contributed by atoms with van der Waals surface area (Å²) in [5.74, 6) is 0. The summed E-state index contributed by atoms with van der Waals surface area (Å²) in [7, 11) is -13.4. The molecule has 0 spiro atoms. The van der Waals surface area contributed by atoms with E-state index in [-0.39, 0.29) is 6.61 Å². The minimum atomic E-state index is -6.72. The third-order valence-electron chi connectivity index (χ3n) is 4.02. The molecule has 2 aromatic rings. The largest absolute Gasteiger partial charge is 0.480 e. The van der Waals surface area contributed by atoms with Gasteiger partial charge in [0.15, 0.2) is 45.6 Å². The van der Waals surface area contributed by atoms with Crippen molar-refractivity contribution in [2.75, 3.05) is 11.9 Å². The second-order valence-electron chi connectivity index (χ2n) is 6.72. The zero-order valence-corrected chi connectivity index (χ0v) is 20.7. The van der Waals surface area contributed by atoms with Crippen LogP contribution in [0.2, 0.25) is 0 Å². The molecule has 0 fully saturated rings. The molecule has 1 aromatic heterocycles. The van der Waals surface area contributed by atoms with Gasteiger partial charge in [0.05, 0.1) is 5.69 Å². The van der Waals surface area contributed by atoms with E-state index in [0.717, 1.165) is 10.5 Å². The Labute approximate surface area is 212 Å². The van der Waals surface area contributed by atoms with Crippen LogP contribution in [0.5, 0.6) is 0 Å². The van der Waals surface area contributed by atoms with E-state index >= 15 is 0 Å². The summed E-state index contributed by atoms with van der Waals surface area (Å²) in [5, 5.41) is 2.61. The lowest BCUT2D eigenvalue weighted by Crippen LogP contribution is -2.36. The Morgan fingerprint density at radius 3 is 1.89 bits per heavy atom. The fourth-order valence-electron chi connectivity index (χ4n) is 2.16. The molecule has 0 bridgehead atoms. The third kappa shape index (κ3) is 10.4. The zero-order chi connectivity index (χ0) is 29.2. The summed E-state index contributed by atoms with van der Waals surface area (Å²) in [4.78, 5) is 25.3. The number of benzene rings is 1. The van der Waals surface area contributed by atoms with Crippen molar-refractivity contribution in [3.8, 4) is 0 Å². The minimum Gasteiger partial charge on any atom is -0.443 e. The van der Waals surface area contributed by atoms with Gasteiger partial charge >= 0.3 is 17.1 Å². The average Bonchev–Trinajstić information content (AvgIpc) is 2.79. The lowest BCUT2D eigenvalue weighted by Gasteiger charge is -2.22. The molecule has 1 heterocycles. The highest BCUT2D eigenvalue weighted by Gasteiger charge is 2.46. The number of anilines is 1. The number of amides is 1. The van der Waals surface area contributed by atoms with E-state index < -0.39 is 37.2 Å². The Bertz CT molecular complexity index is 1300. The van der Waals surface area contributed by atoms with Crippen LogP contribution >= 0.6 is 0 Å². The number of isocyanates is 1. The van der Waals surface area contributed by atoms with Gasteiger partial charge in [0, 0.05) is 17.8 Å².